The highest BCUT2D eigenvalue weighted by atomic mass is 19.1. The van der Waals surface area contributed by atoms with Crippen LogP contribution in [0.5, 0.6) is 5.75 Å². The summed E-state index contributed by atoms with van der Waals surface area (Å²) < 4.78 is 18.8. The molecule has 3 atom stereocenters. The summed E-state index contributed by atoms with van der Waals surface area (Å²) >= 11 is 0. The van der Waals surface area contributed by atoms with Crippen LogP contribution in [0.25, 0.3) is 0 Å². The van der Waals surface area contributed by atoms with Gasteiger partial charge in [-0.1, -0.05) is 24.3 Å². The molecular weight excluding hydrogens is 383 g/mol. The Morgan fingerprint density at radius 2 is 1.77 bits per heavy atom. The Hall–Kier alpha value is -2.64. The van der Waals surface area contributed by atoms with Gasteiger partial charge in [0.15, 0.2) is 0 Å². The summed E-state index contributed by atoms with van der Waals surface area (Å²) in [7, 11) is 1.68. The Balaban J connectivity index is 1.37. The van der Waals surface area contributed by atoms with Gasteiger partial charge in [-0.05, 0) is 36.8 Å². The number of methoxy groups -OCH3 is 1. The minimum atomic E-state index is -0.252. The van der Waals surface area contributed by atoms with Crippen molar-refractivity contribution in [3.8, 4) is 5.75 Å². The van der Waals surface area contributed by atoms with Crippen molar-refractivity contribution in [1.29, 1.82) is 0 Å². The molecule has 7 heteroatoms. The number of hydrogen-bond acceptors (Lipinski definition) is 5. The van der Waals surface area contributed by atoms with Crippen molar-refractivity contribution in [2.24, 2.45) is 5.92 Å². The van der Waals surface area contributed by atoms with Gasteiger partial charge in [-0.2, -0.15) is 0 Å². The number of piperazine rings is 1. The van der Waals surface area contributed by atoms with Crippen LogP contribution >= 0.6 is 0 Å². The molecule has 2 fully saturated rings. The molecule has 0 aliphatic carbocycles. The van der Waals surface area contributed by atoms with E-state index in [2.05, 4.69) is 28.7 Å². The third kappa shape index (κ3) is 4.27. The van der Waals surface area contributed by atoms with E-state index in [1.165, 1.54) is 12.1 Å². The third-order valence-electron chi connectivity index (χ3n) is 6.23. The van der Waals surface area contributed by atoms with Crippen LogP contribution in [0.1, 0.15) is 24.9 Å². The number of benzene rings is 2. The van der Waals surface area contributed by atoms with Crippen molar-refractivity contribution in [2.75, 3.05) is 38.2 Å². The van der Waals surface area contributed by atoms with Gasteiger partial charge >= 0.3 is 0 Å². The number of hydrogen-bond donors (Lipinski definition) is 2. The van der Waals surface area contributed by atoms with Gasteiger partial charge in [0.1, 0.15) is 11.6 Å². The van der Waals surface area contributed by atoms with E-state index in [1.54, 1.807) is 19.2 Å². The molecule has 0 bridgehead atoms. The Kier molecular flexibility index (Phi) is 6.20. The average Bonchev–Trinajstić information content (AvgIpc) is 3.14. The summed E-state index contributed by atoms with van der Waals surface area (Å²) in [6.45, 7) is 5.03. The predicted molar refractivity (Wildman–Crippen MR) is 115 cm³/mol. The molecule has 2 aliphatic heterocycles. The molecule has 2 saturated heterocycles. The molecular formula is C23H29FN4O2. The number of nitrogens with one attached hydrogen (secondary N) is 2. The topological polar surface area (TPSA) is 56.8 Å². The summed E-state index contributed by atoms with van der Waals surface area (Å²) in [6, 6.07) is 14.6. The molecule has 2 N–H and O–H groups in total. The highest BCUT2D eigenvalue weighted by Crippen LogP contribution is 2.32. The van der Waals surface area contributed by atoms with Gasteiger partial charge in [-0.3, -0.25) is 10.2 Å². The normalized spacial score (nSPS) is 24.2. The summed E-state index contributed by atoms with van der Waals surface area (Å²) in [4.78, 5) is 17.3. The van der Waals surface area contributed by atoms with E-state index in [4.69, 9.17) is 4.74 Å². The molecule has 6 nitrogen and oxygen atoms in total. The fraction of sp³-hybridized carbons (Fsp3) is 0.435. The zero-order valence-corrected chi connectivity index (χ0v) is 17.5. The van der Waals surface area contributed by atoms with E-state index >= 15 is 0 Å². The van der Waals surface area contributed by atoms with Crippen molar-refractivity contribution in [1.82, 2.24) is 15.8 Å². The second kappa shape index (κ2) is 9.02. The molecule has 3 unspecified atom stereocenters. The third-order valence-corrected chi connectivity index (χ3v) is 6.23. The van der Waals surface area contributed by atoms with Crippen LogP contribution in [0, 0.1) is 11.7 Å². The lowest BCUT2D eigenvalue weighted by molar-refractivity contribution is -0.132. The number of hydrazine groups is 1. The Morgan fingerprint density at radius 3 is 2.47 bits per heavy atom. The molecule has 2 heterocycles. The average molecular weight is 413 g/mol. The first kappa shape index (κ1) is 20.6. The standard InChI is InChI=1S/C23H29FN4O2/c1-16-19(23(26-25-16)17-7-9-18(24)10-8-17)15-22(29)28-13-11-27(12-14-28)20-5-3-4-6-21(20)30-2/h3-10,16,19,23,25-26H,11-15H2,1-2H3. The molecule has 4 rings (SSSR count). The fourth-order valence-corrected chi connectivity index (χ4v) is 4.44. The molecule has 2 aliphatic rings. The number of amides is 1. The van der Waals surface area contributed by atoms with E-state index in [1.807, 2.05) is 23.1 Å². The largest absolute Gasteiger partial charge is 0.495 e. The quantitative estimate of drug-likeness (QED) is 0.791. The maximum atomic E-state index is 13.3. The molecule has 0 saturated carbocycles. The number of rotatable bonds is 5. The molecule has 30 heavy (non-hydrogen) atoms. The summed E-state index contributed by atoms with van der Waals surface area (Å²) in [5.41, 5.74) is 8.59. The lowest BCUT2D eigenvalue weighted by Gasteiger charge is -2.37. The van der Waals surface area contributed by atoms with Crippen LogP contribution in [0.2, 0.25) is 0 Å². The number of carbonyl (C=O) groups excluding carboxylic acids is 1. The van der Waals surface area contributed by atoms with Gasteiger partial charge in [0.2, 0.25) is 5.91 Å². The van der Waals surface area contributed by atoms with Crippen molar-refractivity contribution in [3.05, 3.63) is 59.9 Å². The summed E-state index contributed by atoms with van der Waals surface area (Å²) in [6.07, 6.45) is 0.456. The number of anilines is 1. The van der Waals surface area contributed by atoms with E-state index in [9.17, 15) is 9.18 Å². The van der Waals surface area contributed by atoms with E-state index in [0.717, 1.165) is 30.1 Å². The first-order valence-electron chi connectivity index (χ1n) is 10.5. The molecule has 0 spiro atoms. The molecule has 2 aromatic carbocycles. The number of nitrogens with zero attached hydrogens (tertiary/aromatic N) is 2. The first-order chi connectivity index (χ1) is 14.6. The van der Waals surface area contributed by atoms with Crippen LogP contribution < -0.4 is 20.5 Å². The van der Waals surface area contributed by atoms with Crippen LogP contribution in [0.4, 0.5) is 10.1 Å². The van der Waals surface area contributed by atoms with Gasteiger partial charge < -0.3 is 14.5 Å². The highest BCUT2D eigenvalue weighted by molar-refractivity contribution is 5.77. The van der Waals surface area contributed by atoms with Gasteiger partial charge in [-0.15, -0.1) is 0 Å². The number of para-hydroxylation sites is 2. The monoisotopic (exact) mass is 412 g/mol. The zero-order chi connectivity index (χ0) is 21.1. The molecule has 2 aromatic rings. The van der Waals surface area contributed by atoms with E-state index in [-0.39, 0.29) is 29.7 Å². The van der Waals surface area contributed by atoms with Gasteiger partial charge in [0.25, 0.3) is 0 Å². The number of ether oxygens (including phenoxy) is 1. The van der Waals surface area contributed by atoms with Gasteiger partial charge in [0.05, 0.1) is 18.8 Å². The van der Waals surface area contributed by atoms with E-state index in [0.29, 0.717) is 19.5 Å². The predicted octanol–water partition coefficient (Wildman–Crippen LogP) is 2.73. The van der Waals surface area contributed by atoms with Crippen molar-refractivity contribution >= 4 is 11.6 Å². The second-order valence-electron chi connectivity index (χ2n) is 8.01. The second-order valence-corrected chi connectivity index (χ2v) is 8.01. The van der Waals surface area contributed by atoms with Crippen LogP contribution in [-0.4, -0.2) is 50.1 Å². The molecule has 0 aromatic heterocycles. The Labute approximate surface area is 177 Å². The first-order valence-corrected chi connectivity index (χ1v) is 10.5. The van der Waals surface area contributed by atoms with Gasteiger partial charge in [0, 0.05) is 44.6 Å². The van der Waals surface area contributed by atoms with Gasteiger partial charge in [-0.25, -0.2) is 9.82 Å². The lowest BCUT2D eigenvalue weighted by atomic mass is 9.87. The van der Waals surface area contributed by atoms with Crippen LogP contribution in [0.15, 0.2) is 48.5 Å². The SMILES string of the molecule is COc1ccccc1N1CCN(C(=O)CC2C(C)NNC2c2ccc(F)cc2)CC1. The van der Waals surface area contributed by atoms with Crippen LogP contribution in [0.3, 0.4) is 0 Å². The fourth-order valence-electron chi connectivity index (χ4n) is 4.44. The minimum Gasteiger partial charge on any atom is -0.495 e. The Bertz CT molecular complexity index is 868. The molecule has 0 radical (unpaired) electrons. The van der Waals surface area contributed by atoms with E-state index < -0.39 is 0 Å². The minimum absolute atomic E-state index is 0.0144. The summed E-state index contributed by atoms with van der Waals surface area (Å²) in [5, 5.41) is 0. The van der Waals surface area contributed by atoms with Crippen molar-refractivity contribution in [2.45, 2.75) is 25.4 Å². The molecule has 160 valence electrons. The smallest absolute Gasteiger partial charge is 0.223 e. The highest BCUT2D eigenvalue weighted by Gasteiger charge is 2.37. The lowest BCUT2D eigenvalue weighted by Crippen LogP contribution is -2.49. The number of halogens is 1. The Morgan fingerprint density at radius 1 is 1.07 bits per heavy atom. The van der Waals surface area contributed by atoms with Crippen molar-refractivity contribution in [3.63, 3.8) is 0 Å². The maximum absolute atomic E-state index is 13.3. The van der Waals surface area contributed by atoms with Crippen LogP contribution in [-0.2, 0) is 4.79 Å². The summed E-state index contributed by atoms with van der Waals surface area (Å²) in [5.74, 6) is 0.883. The maximum Gasteiger partial charge on any atom is 0.223 e. The van der Waals surface area contributed by atoms with Crippen molar-refractivity contribution < 1.29 is 13.9 Å². The number of carbonyl (C=O) groups is 1. The zero-order valence-electron chi connectivity index (χ0n) is 17.5. The molecule has 1 amide bonds.